The highest BCUT2D eigenvalue weighted by Gasteiger charge is 2.21. The van der Waals surface area contributed by atoms with Crippen molar-refractivity contribution in [2.45, 2.75) is 25.3 Å². The smallest absolute Gasteiger partial charge is 0.242 e. The summed E-state index contributed by atoms with van der Waals surface area (Å²) in [5.74, 6) is 0.372. The van der Waals surface area contributed by atoms with E-state index in [9.17, 15) is 9.18 Å². The summed E-state index contributed by atoms with van der Waals surface area (Å²) in [5, 5.41) is 5.97. The van der Waals surface area contributed by atoms with Crippen molar-refractivity contribution >= 4 is 11.7 Å². The lowest BCUT2D eigenvalue weighted by molar-refractivity contribution is -0.118. The second-order valence-electron chi connectivity index (χ2n) is 5.62. The highest BCUT2D eigenvalue weighted by molar-refractivity contribution is 5.94. The van der Waals surface area contributed by atoms with Gasteiger partial charge in [-0.25, -0.2) is 14.4 Å². The third-order valence-corrected chi connectivity index (χ3v) is 3.98. The van der Waals surface area contributed by atoms with E-state index < -0.39 is 0 Å². The van der Waals surface area contributed by atoms with Gasteiger partial charge in [0.05, 0.1) is 18.8 Å². The lowest BCUT2D eigenvalue weighted by Crippen LogP contribution is -2.43. The number of amides is 1. The van der Waals surface area contributed by atoms with Crippen molar-refractivity contribution in [2.24, 2.45) is 0 Å². The quantitative estimate of drug-likeness (QED) is 0.900. The van der Waals surface area contributed by atoms with Crippen LogP contribution in [-0.4, -0.2) is 35.6 Å². The van der Waals surface area contributed by atoms with Gasteiger partial charge in [-0.15, -0.1) is 0 Å². The van der Waals surface area contributed by atoms with Crippen molar-refractivity contribution in [2.75, 3.05) is 19.0 Å². The highest BCUT2D eigenvalue weighted by atomic mass is 19.1. The number of aromatic nitrogens is 2. The molecule has 0 radical (unpaired) electrons. The van der Waals surface area contributed by atoms with Gasteiger partial charge >= 0.3 is 0 Å². The predicted octanol–water partition coefficient (Wildman–Crippen LogP) is 2.37. The Kier molecular flexibility index (Phi) is 5.00. The van der Waals surface area contributed by atoms with E-state index in [0.717, 1.165) is 25.8 Å². The molecule has 6 nitrogen and oxygen atoms in total. The van der Waals surface area contributed by atoms with Crippen LogP contribution in [0.15, 0.2) is 30.6 Å². The summed E-state index contributed by atoms with van der Waals surface area (Å²) in [4.78, 5) is 20.5. The van der Waals surface area contributed by atoms with E-state index in [-0.39, 0.29) is 17.8 Å². The molecular weight excluding hydrogens is 311 g/mol. The Balaban J connectivity index is 1.81. The van der Waals surface area contributed by atoms with Gasteiger partial charge in [-0.05, 0) is 37.6 Å². The van der Waals surface area contributed by atoms with Crippen LogP contribution in [0.5, 0.6) is 5.75 Å². The molecule has 1 aliphatic heterocycles. The van der Waals surface area contributed by atoms with E-state index in [0.29, 0.717) is 22.8 Å². The summed E-state index contributed by atoms with van der Waals surface area (Å²) in [7, 11) is 1.51. The Morgan fingerprint density at radius 2 is 2.21 bits per heavy atom. The Hall–Kier alpha value is -2.54. The number of nitrogens with zero attached hydrogens (tertiary/aromatic N) is 2. The molecule has 24 heavy (non-hydrogen) atoms. The van der Waals surface area contributed by atoms with Crippen molar-refractivity contribution in [1.29, 1.82) is 0 Å². The van der Waals surface area contributed by atoms with E-state index in [4.69, 9.17) is 4.74 Å². The maximum Gasteiger partial charge on any atom is 0.242 e. The lowest BCUT2D eigenvalue weighted by Gasteiger charge is -2.22. The van der Waals surface area contributed by atoms with Crippen molar-refractivity contribution in [3.8, 4) is 17.0 Å². The third-order valence-electron chi connectivity index (χ3n) is 3.98. The average molecular weight is 330 g/mol. The zero-order chi connectivity index (χ0) is 16.9. The van der Waals surface area contributed by atoms with Crippen LogP contribution in [0.2, 0.25) is 0 Å². The summed E-state index contributed by atoms with van der Waals surface area (Å²) in [6, 6.07) is 5.60. The van der Waals surface area contributed by atoms with Crippen LogP contribution in [0.1, 0.15) is 19.3 Å². The van der Waals surface area contributed by atoms with E-state index in [1.807, 2.05) is 0 Å². The standard InChI is InChI=1S/C17H19FN4O2/c1-24-15-6-5-11(18)8-12(15)14-9-16(21-10-20-14)22-17(23)13-4-2-3-7-19-13/h5-6,8-10,13,19H,2-4,7H2,1H3,(H,20,21,22,23). The molecule has 1 aliphatic rings. The largest absolute Gasteiger partial charge is 0.496 e. The molecular formula is C17H19FN4O2. The van der Waals surface area contributed by atoms with Crippen LogP contribution < -0.4 is 15.4 Å². The molecule has 0 bridgehead atoms. The Bertz CT molecular complexity index is 732. The van der Waals surface area contributed by atoms with Gasteiger partial charge in [-0.2, -0.15) is 0 Å². The van der Waals surface area contributed by atoms with Crippen LogP contribution in [0.4, 0.5) is 10.2 Å². The summed E-state index contributed by atoms with van der Waals surface area (Å²) in [5.41, 5.74) is 0.986. The number of hydrogen-bond donors (Lipinski definition) is 2. The minimum Gasteiger partial charge on any atom is -0.496 e. The lowest BCUT2D eigenvalue weighted by atomic mass is 10.0. The number of halogens is 1. The van der Waals surface area contributed by atoms with Gasteiger partial charge in [0.2, 0.25) is 5.91 Å². The van der Waals surface area contributed by atoms with Crippen LogP contribution in [0, 0.1) is 5.82 Å². The molecule has 7 heteroatoms. The zero-order valence-corrected chi connectivity index (χ0v) is 13.4. The first kappa shape index (κ1) is 16.3. The van der Waals surface area contributed by atoms with E-state index in [1.54, 1.807) is 6.07 Å². The first-order valence-corrected chi connectivity index (χ1v) is 7.87. The molecule has 1 atom stereocenters. The molecule has 2 aromatic rings. The Labute approximate surface area is 139 Å². The van der Waals surface area contributed by atoms with Crippen LogP contribution in [0.3, 0.4) is 0 Å². The minimum atomic E-state index is -0.388. The number of piperidine rings is 1. The molecule has 0 aliphatic carbocycles. The second-order valence-corrected chi connectivity index (χ2v) is 5.62. The summed E-state index contributed by atoms with van der Waals surface area (Å²) in [6.07, 6.45) is 4.26. The zero-order valence-electron chi connectivity index (χ0n) is 13.4. The average Bonchev–Trinajstić information content (AvgIpc) is 2.62. The van der Waals surface area contributed by atoms with Gasteiger partial charge in [0.1, 0.15) is 23.7 Å². The highest BCUT2D eigenvalue weighted by Crippen LogP contribution is 2.30. The van der Waals surface area contributed by atoms with Gasteiger partial charge in [-0.3, -0.25) is 4.79 Å². The number of benzene rings is 1. The van der Waals surface area contributed by atoms with Crippen molar-refractivity contribution in [3.63, 3.8) is 0 Å². The fourth-order valence-electron chi connectivity index (χ4n) is 2.74. The molecule has 0 spiro atoms. The summed E-state index contributed by atoms with van der Waals surface area (Å²) in [6.45, 7) is 0.841. The molecule has 2 N–H and O–H groups in total. The first-order chi connectivity index (χ1) is 11.7. The molecule has 1 amide bonds. The molecule has 1 fully saturated rings. The number of anilines is 1. The summed E-state index contributed by atoms with van der Waals surface area (Å²) < 4.78 is 18.8. The maximum absolute atomic E-state index is 13.5. The third kappa shape index (κ3) is 3.68. The van der Waals surface area contributed by atoms with Gasteiger partial charge < -0.3 is 15.4 Å². The number of hydrogen-bond acceptors (Lipinski definition) is 5. The topological polar surface area (TPSA) is 76.1 Å². The molecule has 0 saturated carbocycles. The number of ether oxygens (including phenoxy) is 1. The fraction of sp³-hybridized carbons (Fsp3) is 0.353. The number of rotatable bonds is 4. The number of carbonyl (C=O) groups is 1. The van der Waals surface area contributed by atoms with Gasteiger partial charge in [0, 0.05) is 11.6 Å². The number of methoxy groups -OCH3 is 1. The van der Waals surface area contributed by atoms with E-state index in [2.05, 4.69) is 20.6 Å². The fourth-order valence-corrected chi connectivity index (χ4v) is 2.74. The normalized spacial score (nSPS) is 17.3. The monoisotopic (exact) mass is 330 g/mol. The molecule has 1 unspecified atom stereocenters. The number of carbonyl (C=O) groups excluding carboxylic acids is 1. The molecule has 1 aromatic heterocycles. The van der Waals surface area contributed by atoms with Gasteiger partial charge in [0.25, 0.3) is 0 Å². The van der Waals surface area contributed by atoms with E-state index in [1.165, 1.54) is 31.6 Å². The van der Waals surface area contributed by atoms with Crippen LogP contribution >= 0.6 is 0 Å². The predicted molar refractivity (Wildman–Crippen MR) is 88.2 cm³/mol. The van der Waals surface area contributed by atoms with Crippen molar-refractivity contribution < 1.29 is 13.9 Å². The van der Waals surface area contributed by atoms with Gasteiger partial charge in [0.15, 0.2) is 0 Å². The first-order valence-electron chi connectivity index (χ1n) is 7.87. The summed E-state index contributed by atoms with van der Waals surface area (Å²) >= 11 is 0. The number of nitrogens with one attached hydrogen (secondary N) is 2. The van der Waals surface area contributed by atoms with Crippen molar-refractivity contribution in [1.82, 2.24) is 15.3 Å². The minimum absolute atomic E-state index is 0.120. The molecule has 3 rings (SSSR count). The molecule has 1 aromatic carbocycles. The SMILES string of the molecule is COc1ccc(F)cc1-c1cc(NC(=O)C2CCCCN2)ncn1. The Morgan fingerprint density at radius 3 is 2.96 bits per heavy atom. The van der Waals surface area contributed by atoms with E-state index >= 15 is 0 Å². The molecule has 2 heterocycles. The molecule has 1 saturated heterocycles. The molecule has 126 valence electrons. The van der Waals surface area contributed by atoms with Gasteiger partial charge in [-0.1, -0.05) is 6.42 Å². The van der Waals surface area contributed by atoms with Crippen LogP contribution in [0.25, 0.3) is 11.3 Å². The van der Waals surface area contributed by atoms with Crippen LogP contribution in [-0.2, 0) is 4.79 Å². The Morgan fingerprint density at radius 1 is 1.33 bits per heavy atom. The van der Waals surface area contributed by atoms with Crippen molar-refractivity contribution in [3.05, 3.63) is 36.4 Å². The second kappa shape index (κ2) is 7.35. The maximum atomic E-state index is 13.5.